The molecule has 0 spiro atoms. The summed E-state index contributed by atoms with van der Waals surface area (Å²) in [6, 6.07) is 3.06. The first-order valence-corrected chi connectivity index (χ1v) is 9.63. The summed E-state index contributed by atoms with van der Waals surface area (Å²) in [7, 11) is 0. The molecule has 24 heavy (non-hydrogen) atoms. The molecule has 0 unspecified atom stereocenters. The van der Waals surface area contributed by atoms with E-state index in [9.17, 15) is 5.11 Å². The molecule has 1 aromatic rings. The highest BCUT2D eigenvalue weighted by molar-refractivity contribution is 5.03. The summed E-state index contributed by atoms with van der Waals surface area (Å²) in [5, 5.41) is 15.6. The second-order valence-electron chi connectivity index (χ2n) is 7.73. The molecule has 5 heteroatoms. The Morgan fingerprint density at radius 3 is 2.92 bits per heavy atom. The third-order valence-corrected chi connectivity index (χ3v) is 6.07. The lowest BCUT2D eigenvalue weighted by molar-refractivity contribution is -0.123. The largest absolute Gasteiger partial charge is 0.390 e. The van der Waals surface area contributed by atoms with Gasteiger partial charge in [-0.3, -0.25) is 9.58 Å². The topological polar surface area (TPSA) is 50.5 Å². The smallest absolute Gasteiger partial charge is 0.0765 e. The van der Waals surface area contributed by atoms with Crippen LogP contribution in [0.4, 0.5) is 0 Å². The first-order valence-electron chi connectivity index (χ1n) is 9.63. The van der Waals surface area contributed by atoms with Crippen LogP contribution in [0.15, 0.2) is 12.3 Å². The Bertz CT molecular complexity index is 524. The van der Waals surface area contributed by atoms with Crippen LogP contribution >= 0.6 is 0 Å². The van der Waals surface area contributed by atoms with Crippen molar-refractivity contribution in [3.8, 4) is 0 Å². The Morgan fingerprint density at radius 2 is 2.21 bits per heavy atom. The molecular weight excluding hydrogens is 302 g/mol. The van der Waals surface area contributed by atoms with E-state index in [4.69, 9.17) is 9.84 Å². The molecule has 2 aliphatic heterocycles. The second-order valence-corrected chi connectivity index (χ2v) is 7.73. The summed E-state index contributed by atoms with van der Waals surface area (Å²) in [5.74, 6) is 0.204. The molecule has 0 aromatic carbocycles. The molecule has 1 aromatic heterocycles. The molecule has 0 amide bonds. The predicted octanol–water partition coefficient (Wildman–Crippen LogP) is 3.00. The van der Waals surface area contributed by atoms with Crippen LogP contribution in [0.1, 0.15) is 64.6 Å². The molecule has 0 saturated carbocycles. The summed E-state index contributed by atoms with van der Waals surface area (Å²) < 4.78 is 7.81. The van der Waals surface area contributed by atoms with E-state index in [0.29, 0.717) is 25.3 Å². The fourth-order valence-corrected chi connectivity index (χ4v) is 4.42. The fraction of sp³-hybridized carbons (Fsp3) is 0.842. The monoisotopic (exact) mass is 335 g/mol. The van der Waals surface area contributed by atoms with Gasteiger partial charge in [-0.2, -0.15) is 5.10 Å². The van der Waals surface area contributed by atoms with Gasteiger partial charge in [-0.05, 0) is 51.6 Å². The number of rotatable bonds is 6. The van der Waals surface area contributed by atoms with Gasteiger partial charge < -0.3 is 9.84 Å². The molecule has 3 heterocycles. The number of hydrogen-bond acceptors (Lipinski definition) is 4. The average molecular weight is 335 g/mol. The Hall–Kier alpha value is -0.910. The van der Waals surface area contributed by atoms with E-state index in [-0.39, 0.29) is 5.92 Å². The van der Waals surface area contributed by atoms with Gasteiger partial charge in [0.2, 0.25) is 0 Å². The lowest BCUT2D eigenvalue weighted by Gasteiger charge is -2.43. The number of hydrogen-bond donors (Lipinski definition) is 1. The van der Waals surface area contributed by atoms with Gasteiger partial charge in [0.05, 0.1) is 23.9 Å². The minimum absolute atomic E-state index is 0.204. The van der Waals surface area contributed by atoms with Crippen LogP contribution in [0.25, 0.3) is 0 Å². The van der Waals surface area contributed by atoms with Crippen LogP contribution in [0.5, 0.6) is 0 Å². The number of aliphatic hydroxyl groups is 1. The van der Waals surface area contributed by atoms with E-state index in [0.717, 1.165) is 44.5 Å². The van der Waals surface area contributed by atoms with Crippen molar-refractivity contribution in [2.24, 2.45) is 5.92 Å². The SMILES string of the molecule is CCC(CC)n1ccc(CN2CCC[C@@H]2[C@H]2COCC[C@]2(C)O)n1. The van der Waals surface area contributed by atoms with Crippen molar-refractivity contribution in [3.63, 3.8) is 0 Å². The van der Waals surface area contributed by atoms with Crippen molar-refractivity contribution in [1.29, 1.82) is 0 Å². The minimum atomic E-state index is -0.611. The first-order chi connectivity index (χ1) is 11.5. The minimum Gasteiger partial charge on any atom is -0.390 e. The summed E-state index contributed by atoms with van der Waals surface area (Å²) in [5.41, 5.74) is 0.533. The highest BCUT2D eigenvalue weighted by Crippen LogP contribution is 2.36. The third kappa shape index (κ3) is 3.68. The van der Waals surface area contributed by atoms with E-state index in [1.165, 1.54) is 6.42 Å². The van der Waals surface area contributed by atoms with Gasteiger partial charge in [0.25, 0.3) is 0 Å². The molecule has 2 aliphatic rings. The van der Waals surface area contributed by atoms with Crippen molar-refractivity contribution in [3.05, 3.63) is 18.0 Å². The van der Waals surface area contributed by atoms with Gasteiger partial charge in [-0.15, -0.1) is 0 Å². The summed E-state index contributed by atoms with van der Waals surface area (Å²) in [4.78, 5) is 2.51. The van der Waals surface area contributed by atoms with Gasteiger partial charge in [-0.1, -0.05) is 13.8 Å². The Morgan fingerprint density at radius 1 is 1.42 bits per heavy atom. The van der Waals surface area contributed by atoms with E-state index >= 15 is 0 Å². The summed E-state index contributed by atoms with van der Waals surface area (Å²) >= 11 is 0. The molecule has 0 aliphatic carbocycles. The zero-order valence-electron chi connectivity index (χ0n) is 15.4. The van der Waals surface area contributed by atoms with Crippen LogP contribution in [0, 0.1) is 5.92 Å². The summed E-state index contributed by atoms with van der Waals surface area (Å²) in [6.45, 7) is 9.75. The predicted molar refractivity (Wildman–Crippen MR) is 94.8 cm³/mol. The Balaban J connectivity index is 1.68. The van der Waals surface area contributed by atoms with Crippen molar-refractivity contribution in [1.82, 2.24) is 14.7 Å². The number of aromatic nitrogens is 2. The van der Waals surface area contributed by atoms with E-state index in [1.54, 1.807) is 0 Å². The molecule has 3 rings (SSSR count). The maximum Gasteiger partial charge on any atom is 0.0765 e. The maximum atomic E-state index is 10.8. The number of ether oxygens (including phenoxy) is 1. The number of likely N-dealkylation sites (tertiary alicyclic amines) is 1. The van der Waals surface area contributed by atoms with E-state index in [2.05, 4.69) is 35.7 Å². The van der Waals surface area contributed by atoms with Crippen LogP contribution in [0.3, 0.4) is 0 Å². The number of nitrogens with zero attached hydrogens (tertiary/aromatic N) is 3. The van der Waals surface area contributed by atoms with E-state index in [1.807, 2.05) is 6.92 Å². The molecule has 3 atom stereocenters. The average Bonchev–Trinajstić information content (AvgIpc) is 3.19. The fourth-order valence-electron chi connectivity index (χ4n) is 4.42. The van der Waals surface area contributed by atoms with Crippen molar-refractivity contribution in [2.75, 3.05) is 19.8 Å². The quantitative estimate of drug-likeness (QED) is 0.868. The molecule has 2 saturated heterocycles. The van der Waals surface area contributed by atoms with Crippen LogP contribution in [0.2, 0.25) is 0 Å². The van der Waals surface area contributed by atoms with Gasteiger partial charge in [0, 0.05) is 31.3 Å². The first kappa shape index (κ1) is 17.9. The Labute approximate surface area is 146 Å². The lowest BCUT2D eigenvalue weighted by atomic mass is 9.79. The van der Waals surface area contributed by atoms with Crippen LogP contribution in [-0.4, -0.2) is 51.2 Å². The molecule has 0 bridgehead atoms. The molecule has 136 valence electrons. The van der Waals surface area contributed by atoms with Crippen LogP contribution < -0.4 is 0 Å². The zero-order chi connectivity index (χ0) is 17.2. The van der Waals surface area contributed by atoms with Gasteiger partial charge >= 0.3 is 0 Å². The molecule has 1 N–H and O–H groups in total. The second kappa shape index (κ2) is 7.54. The highest BCUT2D eigenvalue weighted by Gasteiger charge is 2.44. The molecule has 2 fully saturated rings. The van der Waals surface area contributed by atoms with Crippen LogP contribution in [-0.2, 0) is 11.3 Å². The van der Waals surface area contributed by atoms with E-state index < -0.39 is 5.60 Å². The van der Waals surface area contributed by atoms with Crippen molar-refractivity contribution < 1.29 is 9.84 Å². The standard InChI is InChI=1S/C19H33N3O2/c1-4-16(5-2)22-11-8-15(20-22)13-21-10-6-7-18(21)17-14-24-12-9-19(17,3)23/h8,11,16-18,23H,4-7,9-10,12-14H2,1-3H3/t17-,18-,19+/m1/s1. The van der Waals surface area contributed by atoms with Gasteiger partial charge in [-0.25, -0.2) is 0 Å². The van der Waals surface area contributed by atoms with Crippen molar-refractivity contribution in [2.45, 2.75) is 77.1 Å². The lowest BCUT2D eigenvalue weighted by Crippen LogP contribution is -2.52. The third-order valence-electron chi connectivity index (χ3n) is 6.07. The van der Waals surface area contributed by atoms with Crippen molar-refractivity contribution >= 4 is 0 Å². The molecule has 0 radical (unpaired) electrons. The van der Waals surface area contributed by atoms with Gasteiger partial charge in [0.1, 0.15) is 0 Å². The molecular formula is C19H33N3O2. The maximum absolute atomic E-state index is 10.8. The van der Waals surface area contributed by atoms with Gasteiger partial charge in [0.15, 0.2) is 0 Å². The molecule has 5 nitrogen and oxygen atoms in total. The summed E-state index contributed by atoms with van der Waals surface area (Å²) in [6.07, 6.45) is 7.45. The normalized spacial score (nSPS) is 31.9. The highest BCUT2D eigenvalue weighted by atomic mass is 16.5. The zero-order valence-corrected chi connectivity index (χ0v) is 15.4. The Kier molecular flexibility index (Phi) is 5.63.